The molecule has 0 aliphatic rings. The normalized spacial score (nSPS) is 10.9. The second-order valence-corrected chi connectivity index (χ2v) is 8.61. The molecule has 2 aromatic carbocycles. The number of hydrogen-bond acceptors (Lipinski definition) is 7. The molecule has 0 aliphatic heterocycles. The van der Waals surface area contributed by atoms with Crippen LogP contribution in [0.2, 0.25) is 0 Å². The molecule has 3 heterocycles. The molecule has 12 heteroatoms. The first-order chi connectivity index (χ1) is 16.9. The Morgan fingerprint density at radius 2 is 1.78 bits per heavy atom. The van der Waals surface area contributed by atoms with E-state index in [1.165, 1.54) is 48.4 Å². The van der Waals surface area contributed by atoms with Crippen molar-refractivity contribution in [1.29, 1.82) is 0 Å². The molecular weight excluding hydrogens is 493 g/mol. The predicted octanol–water partition coefficient (Wildman–Crippen LogP) is -0.313. The zero-order valence-electron chi connectivity index (χ0n) is 20.1. The SMILES string of the molecule is CCc1c2c(=O)n(-c3nc4ccccc4s3)[n-]c2cc(=O)n1NC(=O)c1cc(OC)cc(OC)c1.[Na+]. The van der Waals surface area contributed by atoms with Crippen molar-refractivity contribution in [1.82, 2.24) is 19.4 Å². The number of aryl methyl sites for hydroxylation is 1. The minimum atomic E-state index is -0.565. The van der Waals surface area contributed by atoms with Crippen LogP contribution in [0.15, 0.2) is 58.1 Å². The van der Waals surface area contributed by atoms with Crippen LogP contribution in [0.5, 0.6) is 11.5 Å². The summed E-state index contributed by atoms with van der Waals surface area (Å²) in [6.45, 7) is 1.79. The van der Waals surface area contributed by atoms with Crippen LogP contribution in [-0.4, -0.2) is 34.5 Å². The minimum Gasteiger partial charge on any atom is -0.585 e. The number of nitrogens with zero attached hydrogens (tertiary/aromatic N) is 4. The summed E-state index contributed by atoms with van der Waals surface area (Å²) in [5, 5.41) is 5.01. The van der Waals surface area contributed by atoms with Gasteiger partial charge in [0.25, 0.3) is 11.5 Å². The standard InChI is InChI=1S/C24H21N5O5S.Na/c1-4-18-21-17(26-29(23(21)32)24-25-16-7-5-6-8-19(16)35-24)12-20(30)28(18)27-22(31)13-9-14(33-2)11-15(10-13)34-3;/h5-12H,4H2,1-3H3,(H2,26,27,30,31);/q;+1/p-1. The molecular formula is C24H20N5NaO5S. The average Bonchev–Trinajstić information content (AvgIpc) is 3.44. The number of ether oxygens (including phenoxy) is 2. The first-order valence-corrected chi connectivity index (χ1v) is 11.5. The summed E-state index contributed by atoms with van der Waals surface area (Å²) < 4.78 is 13.6. The summed E-state index contributed by atoms with van der Waals surface area (Å²) in [7, 11) is 2.95. The van der Waals surface area contributed by atoms with E-state index >= 15 is 0 Å². The molecule has 5 rings (SSSR count). The number of carbonyl (C=O) groups excluding carboxylic acids is 1. The summed E-state index contributed by atoms with van der Waals surface area (Å²) >= 11 is 1.33. The fourth-order valence-corrected chi connectivity index (χ4v) is 4.78. The molecule has 10 nitrogen and oxygen atoms in total. The first kappa shape index (κ1) is 25.7. The van der Waals surface area contributed by atoms with E-state index in [0.717, 1.165) is 14.9 Å². The third kappa shape index (κ3) is 4.46. The van der Waals surface area contributed by atoms with Crippen LogP contribution in [0.1, 0.15) is 23.0 Å². The first-order valence-electron chi connectivity index (χ1n) is 10.7. The summed E-state index contributed by atoms with van der Waals surface area (Å²) in [6, 6.07) is 13.4. The number of pyridine rings is 1. The molecule has 0 unspecified atom stereocenters. The fourth-order valence-electron chi connectivity index (χ4n) is 3.86. The van der Waals surface area contributed by atoms with Crippen molar-refractivity contribution < 1.29 is 43.8 Å². The van der Waals surface area contributed by atoms with Crippen molar-refractivity contribution in [3.05, 3.63) is 80.5 Å². The van der Waals surface area contributed by atoms with Gasteiger partial charge in [-0.1, -0.05) is 30.4 Å². The number of rotatable bonds is 6. The molecule has 0 saturated heterocycles. The van der Waals surface area contributed by atoms with Gasteiger partial charge in [0.2, 0.25) is 5.56 Å². The zero-order valence-corrected chi connectivity index (χ0v) is 22.9. The molecule has 0 bridgehead atoms. The third-order valence-corrected chi connectivity index (χ3v) is 6.55. The topological polar surface area (TPSA) is 119 Å². The smallest absolute Gasteiger partial charge is 0.585 e. The Hall–Kier alpha value is -3.38. The zero-order chi connectivity index (χ0) is 24.7. The van der Waals surface area contributed by atoms with Crippen LogP contribution in [0.4, 0.5) is 0 Å². The van der Waals surface area contributed by atoms with Gasteiger partial charge in [-0.2, -0.15) is 0 Å². The van der Waals surface area contributed by atoms with Crippen LogP contribution in [-0.2, 0) is 6.42 Å². The Bertz CT molecular complexity index is 1660. The monoisotopic (exact) mass is 513 g/mol. The number of nitrogens with one attached hydrogen (secondary N) is 1. The molecule has 0 atom stereocenters. The molecule has 0 aliphatic carbocycles. The summed E-state index contributed by atoms with van der Waals surface area (Å²) in [4.78, 5) is 43.9. The molecule has 1 amide bonds. The quantitative estimate of drug-likeness (QED) is 0.310. The van der Waals surface area contributed by atoms with Gasteiger partial charge in [0.15, 0.2) is 5.13 Å². The van der Waals surface area contributed by atoms with Crippen LogP contribution >= 0.6 is 11.3 Å². The van der Waals surface area contributed by atoms with E-state index in [9.17, 15) is 14.4 Å². The van der Waals surface area contributed by atoms with Gasteiger partial charge in [-0.25, -0.2) is 9.66 Å². The van der Waals surface area contributed by atoms with E-state index in [4.69, 9.17) is 9.47 Å². The van der Waals surface area contributed by atoms with Crippen LogP contribution in [0.3, 0.4) is 0 Å². The number of methoxy groups -OCH3 is 2. The third-order valence-electron chi connectivity index (χ3n) is 5.53. The number of fused-ring (bicyclic) bond motifs is 2. The number of benzene rings is 2. The van der Waals surface area contributed by atoms with Crippen LogP contribution in [0, 0.1) is 0 Å². The fraction of sp³-hybridized carbons (Fsp3) is 0.167. The molecule has 3 aromatic heterocycles. The van der Waals surface area contributed by atoms with Crippen molar-refractivity contribution in [2.24, 2.45) is 0 Å². The molecule has 0 radical (unpaired) electrons. The number of hydrogen-bond donors (Lipinski definition) is 1. The van der Waals surface area contributed by atoms with Crippen molar-refractivity contribution in [3.63, 3.8) is 0 Å². The maximum absolute atomic E-state index is 13.4. The van der Waals surface area contributed by atoms with Crippen molar-refractivity contribution >= 4 is 38.4 Å². The number of amides is 1. The average molecular weight is 514 g/mol. The second kappa shape index (κ2) is 10.3. The van der Waals surface area contributed by atoms with E-state index in [0.29, 0.717) is 28.7 Å². The maximum Gasteiger partial charge on any atom is 1.00 e. The Labute approximate surface area is 230 Å². The second-order valence-electron chi connectivity index (χ2n) is 7.60. The van der Waals surface area contributed by atoms with Crippen molar-refractivity contribution in [3.8, 4) is 16.6 Å². The van der Waals surface area contributed by atoms with E-state index in [1.54, 1.807) is 13.0 Å². The van der Waals surface area contributed by atoms with Crippen LogP contribution in [0.25, 0.3) is 26.3 Å². The van der Waals surface area contributed by atoms with E-state index in [1.807, 2.05) is 24.3 Å². The number of para-hydroxylation sites is 1. The van der Waals surface area contributed by atoms with Gasteiger partial charge in [-0.3, -0.25) is 19.8 Å². The van der Waals surface area contributed by atoms with Crippen LogP contribution < -0.4 is 60.7 Å². The maximum atomic E-state index is 13.4. The summed E-state index contributed by atoms with van der Waals surface area (Å²) in [6.07, 6.45) is 0.301. The van der Waals surface area contributed by atoms with Gasteiger partial charge in [0.05, 0.1) is 30.1 Å². The van der Waals surface area contributed by atoms with Gasteiger partial charge in [-0.15, -0.1) is 5.52 Å². The minimum absolute atomic E-state index is 0. The Balaban J connectivity index is 0.00000304. The van der Waals surface area contributed by atoms with Gasteiger partial charge in [0.1, 0.15) is 11.5 Å². The largest absolute Gasteiger partial charge is 1.00 e. The van der Waals surface area contributed by atoms with E-state index in [-0.39, 0.29) is 46.0 Å². The Morgan fingerprint density at radius 1 is 1.08 bits per heavy atom. The molecule has 178 valence electrons. The summed E-state index contributed by atoms with van der Waals surface area (Å²) in [5.74, 6) is 0.281. The number of carbonyl (C=O) groups is 1. The van der Waals surface area contributed by atoms with Gasteiger partial charge in [-0.05, 0) is 36.8 Å². The van der Waals surface area contributed by atoms with E-state index < -0.39 is 17.0 Å². The van der Waals surface area contributed by atoms with Gasteiger partial charge in [0, 0.05) is 17.0 Å². The van der Waals surface area contributed by atoms with Crippen molar-refractivity contribution in [2.45, 2.75) is 13.3 Å². The van der Waals surface area contributed by atoms with Gasteiger partial charge >= 0.3 is 29.6 Å². The molecule has 5 aromatic rings. The molecule has 0 fully saturated rings. The molecule has 1 N–H and O–H groups in total. The summed E-state index contributed by atoms with van der Waals surface area (Å²) in [5.41, 5.74) is 3.23. The molecule has 36 heavy (non-hydrogen) atoms. The molecule has 0 spiro atoms. The Kier molecular flexibility index (Phi) is 7.36. The predicted molar refractivity (Wildman–Crippen MR) is 133 cm³/mol. The Morgan fingerprint density at radius 3 is 2.42 bits per heavy atom. The van der Waals surface area contributed by atoms with Gasteiger partial charge < -0.3 is 19.3 Å². The number of aromatic nitrogens is 4. The molecule has 0 saturated carbocycles. The van der Waals surface area contributed by atoms with E-state index in [2.05, 4.69) is 15.5 Å². The number of thiazole rings is 1. The van der Waals surface area contributed by atoms with Crippen molar-refractivity contribution in [2.75, 3.05) is 19.6 Å².